The van der Waals surface area contributed by atoms with Crippen molar-refractivity contribution in [3.63, 3.8) is 0 Å². The monoisotopic (exact) mass is 297 g/mol. The van der Waals surface area contributed by atoms with E-state index < -0.39 is 5.82 Å². The van der Waals surface area contributed by atoms with Crippen LogP contribution in [0.1, 0.15) is 24.1 Å². The van der Waals surface area contributed by atoms with Crippen LogP contribution in [0.3, 0.4) is 0 Å². The predicted octanol–water partition coefficient (Wildman–Crippen LogP) is 4.98. The number of hydrogen-bond acceptors (Lipinski definition) is 1. The zero-order valence-corrected chi connectivity index (χ0v) is 12.0. The van der Waals surface area contributed by atoms with E-state index in [1.54, 1.807) is 12.1 Å². The van der Waals surface area contributed by atoms with Gasteiger partial charge in [-0.15, -0.1) is 0 Å². The second kappa shape index (κ2) is 6.38. The summed E-state index contributed by atoms with van der Waals surface area (Å²) in [5.41, 5.74) is 1.97. The molecule has 2 aromatic rings. The number of hydrogen-bond donors (Lipinski definition) is 1. The zero-order valence-electron chi connectivity index (χ0n) is 10.5. The molecule has 0 aliphatic rings. The molecular formula is C15H14Cl2FN. The molecule has 0 heterocycles. The third-order valence-corrected chi connectivity index (χ3v) is 3.60. The lowest BCUT2D eigenvalue weighted by Gasteiger charge is -2.15. The van der Waals surface area contributed by atoms with Crippen LogP contribution in [-0.2, 0) is 6.54 Å². The van der Waals surface area contributed by atoms with E-state index in [0.717, 1.165) is 16.1 Å². The molecule has 0 radical (unpaired) electrons. The van der Waals surface area contributed by atoms with Gasteiger partial charge in [-0.05, 0) is 36.2 Å². The molecule has 0 saturated carbocycles. The topological polar surface area (TPSA) is 12.0 Å². The third-order valence-electron chi connectivity index (χ3n) is 2.97. The Hall–Kier alpha value is -1.09. The number of rotatable bonds is 4. The van der Waals surface area contributed by atoms with Crippen molar-refractivity contribution in [2.45, 2.75) is 19.5 Å². The van der Waals surface area contributed by atoms with E-state index in [0.29, 0.717) is 6.54 Å². The SMILES string of the molecule is C[C@H](NCc1ccc(F)c(Cl)c1)c1ccccc1Cl. The fourth-order valence-corrected chi connectivity index (χ4v) is 2.36. The molecule has 0 aliphatic heterocycles. The van der Waals surface area contributed by atoms with Gasteiger partial charge in [-0.1, -0.05) is 47.5 Å². The van der Waals surface area contributed by atoms with Crippen molar-refractivity contribution < 1.29 is 4.39 Å². The molecule has 19 heavy (non-hydrogen) atoms. The van der Waals surface area contributed by atoms with E-state index >= 15 is 0 Å². The average molecular weight is 298 g/mol. The highest BCUT2D eigenvalue weighted by molar-refractivity contribution is 6.31. The van der Waals surface area contributed by atoms with Crippen LogP contribution in [-0.4, -0.2) is 0 Å². The summed E-state index contributed by atoms with van der Waals surface area (Å²) in [6.45, 7) is 2.64. The molecule has 2 aromatic carbocycles. The second-order valence-electron chi connectivity index (χ2n) is 4.37. The predicted molar refractivity (Wildman–Crippen MR) is 78.1 cm³/mol. The molecule has 4 heteroatoms. The molecule has 1 nitrogen and oxygen atoms in total. The van der Waals surface area contributed by atoms with Gasteiger partial charge >= 0.3 is 0 Å². The summed E-state index contributed by atoms with van der Waals surface area (Å²) in [6, 6.07) is 12.5. The first kappa shape index (κ1) is 14.3. The lowest BCUT2D eigenvalue weighted by Crippen LogP contribution is -2.18. The molecule has 1 atom stereocenters. The van der Waals surface area contributed by atoms with E-state index in [2.05, 4.69) is 5.32 Å². The van der Waals surface area contributed by atoms with Crippen molar-refractivity contribution in [3.05, 3.63) is 69.5 Å². The summed E-state index contributed by atoms with van der Waals surface area (Å²) >= 11 is 11.9. The Morgan fingerprint density at radius 3 is 2.53 bits per heavy atom. The molecule has 0 unspecified atom stereocenters. The standard InChI is InChI=1S/C15H14Cl2FN/c1-10(12-4-2-3-5-13(12)16)19-9-11-6-7-15(18)14(17)8-11/h2-8,10,19H,9H2,1H3/t10-/m0/s1. The number of nitrogens with one attached hydrogen (secondary N) is 1. The largest absolute Gasteiger partial charge is 0.306 e. The molecule has 2 rings (SSSR count). The van der Waals surface area contributed by atoms with Crippen LogP contribution in [0.4, 0.5) is 4.39 Å². The van der Waals surface area contributed by atoms with Crippen molar-refractivity contribution in [1.82, 2.24) is 5.32 Å². The normalized spacial score (nSPS) is 12.4. The first-order valence-corrected chi connectivity index (χ1v) is 6.75. The maximum Gasteiger partial charge on any atom is 0.141 e. The summed E-state index contributed by atoms with van der Waals surface area (Å²) in [6.07, 6.45) is 0. The molecular weight excluding hydrogens is 284 g/mol. The van der Waals surface area contributed by atoms with Gasteiger partial charge in [0.2, 0.25) is 0 Å². The minimum atomic E-state index is -0.399. The Labute approximate surface area is 122 Å². The van der Waals surface area contributed by atoms with Crippen molar-refractivity contribution in [3.8, 4) is 0 Å². The molecule has 0 aliphatic carbocycles. The molecule has 0 fully saturated rings. The number of benzene rings is 2. The van der Waals surface area contributed by atoms with Gasteiger partial charge in [0.1, 0.15) is 5.82 Å². The van der Waals surface area contributed by atoms with Gasteiger partial charge in [0.05, 0.1) is 5.02 Å². The van der Waals surface area contributed by atoms with Crippen LogP contribution in [0.25, 0.3) is 0 Å². The van der Waals surface area contributed by atoms with Crippen LogP contribution < -0.4 is 5.32 Å². The van der Waals surface area contributed by atoms with Gasteiger partial charge in [0.25, 0.3) is 0 Å². The maximum atomic E-state index is 13.0. The molecule has 1 N–H and O–H groups in total. The summed E-state index contributed by atoms with van der Waals surface area (Å²) in [7, 11) is 0. The third kappa shape index (κ3) is 3.69. The van der Waals surface area contributed by atoms with Gasteiger partial charge < -0.3 is 5.32 Å². The fraction of sp³-hybridized carbons (Fsp3) is 0.200. The highest BCUT2D eigenvalue weighted by Crippen LogP contribution is 2.23. The van der Waals surface area contributed by atoms with Crippen molar-refractivity contribution in [2.75, 3.05) is 0 Å². The second-order valence-corrected chi connectivity index (χ2v) is 5.19. The summed E-state index contributed by atoms with van der Waals surface area (Å²) in [5, 5.41) is 4.22. The number of halogens is 3. The van der Waals surface area contributed by atoms with Gasteiger partial charge in [-0.3, -0.25) is 0 Å². The van der Waals surface area contributed by atoms with Gasteiger partial charge in [-0.25, -0.2) is 4.39 Å². The van der Waals surface area contributed by atoms with E-state index in [9.17, 15) is 4.39 Å². The van der Waals surface area contributed by atoms with Crippen molar-refractivity contribution >= 4 is 23.2 Å². The molecule has 0 saturated heterocycles. The lowest BCUT2D eigenvalue weighted by molar-refractivity contribution is 0.573. The van der Waals surface area contributed by atoms with Crippen LogP contribution in [0.5, 0.6) is 0 Å². The Kier molecular flexibility index (Phi) is 4.81. The maximum absolute atomic E-state index is 13.0. The van der Waals surface area contributed by atoms with Crippen LogP contribution in [0.2, 0.25) is 10.0 Å². The summed E-state index contributed by atoms with van der Waals surface area (Å²) < 4.78 is 13.0. The lowest BCUT2D eigenvalue weighted by atomic mass is 10.1. The smallest absolute Gasteiger partial charge is 0.141 e. The van der Waals surface area contributed by atoms with Gasteiger partial charge in [-0.2, -0.15) is 0 Å². The molecule has 0 spiro atoms. The first-order chi connectivity index (χ1) is 9.08. The van der Waals surface area contributed by atoms with Gasteiger partial charge in [0, 0.05) is 17.6 Å². The van der Waals surface area contributed by atoms with Crippen LogP contribution >= 0.6 is 23.2 Å². The Morgan fingerprint density at radius 1 is 1.11 bits per heavy atom. The van der Waals surface area contributed by atoms with Crippen molar-refractivity contribution in [1.29, 1.82) is 0 Å². The minimum Gasteiger partial charge on any atom is -0.306 e. The minimum absolute atomic E-state index is 0.109. The van der Waals surface area contributed by atoms with E-state index in [1.165, 1.54) is 6.07 Å². The molecule has 0 bridgehead atoms. The Balaban J connectivity index is 2.02. The van der Waals surface area contributed by atoms with E-state index in [4.69, 9.17) is 23.2 Å². The zero-order chi connectivity index (χ0) is 13.8. The van der Waals surface area contributed by atoms with Gasteiger partial charge in [0.15, 0.2) is 0 Å². The average Bonchev–Trinajstić information content (AvgIpc) is 2.40. The van der Waals surface area contributed by atoms with Crippen LogP contribution in [0.15, 0.2) is 42.5 Å². The highest BCUT2D eigenvalue weighted by Gasteiger charge is 2.08. The van der Waals surface area contributed by atoms with E-state index in [-0.39, 0.29) is 11.1 Å². The highest BCUT2D eigenvalue weighted by atomic mass is 35.5. The molecule has 0 aromatic heterocycles. The first-order valence-electron chi connectivity index (χ1n) is 5.99. The fourth-order valence-electron chi connectivity index (χ4n) is 1.86. The van der Waals surface area contributed by atoms with Crippen LogP contribution in [0, 0.1) is 5.82 Å². The summed E-state index contributed by atoms with van der Waals surface area (Å²) in [5.74, 6) is -0.399. The Morgan fingerprint density at radius 2 is 1.84 bits per heavy atom. The van der Waals surface area contributed by atoms with Crippen molar-refractivity contribution in [2.24, 2.45) is 0 Å². The summed E-state index contributed by atoms with van der Waals surface area (Å²) in [4.78, 5) is 0. The Bertz CT molecular complexity index is 572. The van der Waals surface area contributed by atoms with E-state index in [1.807, 2.05) is 31.2 Å². The molecule has 100 valence electrons. The molecule has 0 amide bonds. The quantitative estimate of drug-likeness (QED) is 0.839.